The van der Waals surface area contributed by atoms with E-state index >= 15 is 0 Å². The standard InChI is InChI=1S/C16H25FN4/c1-3-6-18-16-19-9-14(17)15(20-16)21(2)10-13-8-11-4-5-12(13)7-11/h9,11-13H,3-8,10H2,1-2H3,(H,18,19,20). The molecule has 2 aliphatic carbocycles. The average Bonchev–Trinajstić information content (AvgIpc) is 3.09. The first-order valence-electron chi connectivity index (χ1n) is 8.15. The van der Waals surface area contributed by atoms with E-state index in [-0.39, 0.29) is 5.82 Å². The van der Waals surface area contributed by atoms with Crippen molar-refractivity contribution in [2.24, 2.45) is 17.8 Å². The highest BCUT2D eigenvalue weighted by Gasteiger charge is 2.39. The first kappa shape index (κ1) is 14.5. The average molecular weight is 292 g/mol. The molecule has 2 saturated carbocycles. The second kappa shape index (κ2) is 6.16. The fourth-order valence-corrected chi connectivity index (χ4v) is 3.99. The molecular formula is C16H25FN4. The van der Waals surface area contributed by atoms with Crippen LogP contribution in [0.1, 0.15) is 39.0 Å². The molecule has 1 aromatic heterocycles. The molecule has 21 heavy (non-hydrogen) atoms. The highest BCUT2D eigenvalue weighted by Crippen LogP contribution is 2.48. The van der Waals surface area contributed by atoms with Crippen LogP contribution in [0.2, 0.25) is 0 Å². The molecular weight excluding hydrogens is 267 g/mol. The number of aromatic nitrogens is 2. The Morgan fingerprint density at radius 2 is 2.24 bits per heavy atom. The smallest absolute Gasteiger partial charge is 0.224 e. The third-order valence-electron chi connectivity index (χ3n) is 5.01. The molecule has 3 rings (SSSR count). The van der Waals surface area contributed by atoms with Gasteiger partial charge in [-0.05, 0) is 43.4 Å². The zero-order chi connectivity index (χ0) is 14.8. The van der Waals surface area contributed by atoms with E-state index in [1.807, 2.05) is 11.9 Å². The van der Waals surface area contributed by atoms with Gasteiger partial charge in [-0.3, -0.25) is 0 Å². The van der Waals surface area contributed by atoms with Gasteiger partial charge in [0.05, 0.1) is 6.20 Å². The lowest BCUT2D eigenvalue weighted by Crippen LogP contribution is -2.30. The Bertz CT molecular complexity index is 493. The topological polar surface area (TPSA) is 41.1 Å². The molecule has 5 heteroatoms. The van der Waals surface area contributed by atoms with Gasteiger partial charge in [-0.15, -0.1) is 0 Å². The Balaban J connectivity index is 1.67. The van der Waals surface area contributed by atoms with E-state index in [0.29, 0.717) is 17.7 Å². The van der Waals surface area contributed by atoms with Crippen molar-refractivity contribution in [1.29, 1.82) is 0 Å². The van der Waals surface area contributed by atoms with Gasteiger partial charge in [0.2, 0.25) is 5.95 Å². The lowest BCUT2D eigenvalue weighted by Gasteiger charge is -2.28. The summed E-state index contributed by atoms with van der Waals surface area (Å²) < 4.78 is 14.0. The zero-order valence-electron chi connectivity index (χ0n) is 13.0. The fraction of sp³-hybridized carbons (Fsp3) is 0.750. The fourth-order valence-electron chi connectivity index (χ4n) is 3.99. The number of halogens is 1. The number of fused-ring (bicyclic) bond motifs is 2. The minimum absolute atomic E-state index is 0.331. The SMILES string of the molecule is CCCNc1ncc(F)c(N(C)CC2CC3CCC2C3)n1. The van der Waals surface area contributed by atoms with Crippen molar-refractivity contribution in [3.63, 3.8) is 0 Å². The number of hydrogen-bond acceptors (Lipinski definition) is 4. The number of hydrogen-bond donors (Lipinski definition) is 1. The van der Waals surface area contributed by atoms with E-state index in [1.54, 1.807) is 0 Å². The highest BCUT2D eigenvalue weighted by molar-refractivity contribution is 5.43. The summed E-state index contributed by atoms with van der Waals surface area (Å²) in [6, 6.07) is 0. The normalized spacial score (nSPS) is 27.1. The molecule has 1 N–H and O–H groups in total. The van der Waals surface area contributed by atoms with Crippen LogP contribution in [0.4, 0.5) is 16.2 Å². The predicted molar refractivity (Wildman–Crippen MR) is 83.0 cm³/mol. The lowest BCUT2D eigenvalue weighted by molar-refractivity contribution is 0.336. The molecule has 0 aromatic carbocycles. The molecule has 3 unspecified atom stereocenters. The number of nitrogens with zero attached hydrogens (tertiary/aromatic N) is 3. The van der Waals surface area contributed by atoms with Crippen molar-refractivity contribution in [3.8, 4) is 0 Å². The summed E-state index contributed by atoms with van der Waals surface area (Å²) in [5.74, 6) is 3.09. The number of rotatable bonds is 6. The van der Waals surface area contributed by atoms with Gasteiger partial charge in [0.25, 0.3) is 0 Å². The molecule has 0 saturated heterocycles. The summed E-state index contributed by atoms with van der Waals surface area (Å²) in [5.41, 5.74) is 0. The third kappa shape index (κ3) is 3.11. The van der Waals surface area contributed by atoms with Gasteiger partial charge in [-0.25, -0.2) is 9.37 Å². The van der Waals surface area contributed by atoms with Gasteiger partial charge < -0.3 is 10.2 Å². The maximum atomic E-state index is 14.0. The molecule has 2 aliphatic rings. The van der Waals surface area contributed by atoms with Gasteiger partial charge >= 0.3 is 0 Å². The van der Waals surface area contributed by atoms with Crippen LogP contribution in [0, 0.1) is 23.6 Å². The van der Waals surface area contributed by atoms with E-state index in [4.69, 9.17) is 0 Å². The molecule has 2 bridgehead atoms. The van der Waals surface area contributed by atoms with Crippen molar-refractivity contribution in [2.75, 3.05) is 30.4 Å². The van der Waals surface area contributed by atoms with Crippen LogP contribution in [-0.2, 0) is 0 Å². The van der Waals surface area contributed by atoms with E-state index in [9.17, 15) is 4.39 Å². The Labute approximate surface area is 126 Å². The largest absolute Gasteiger partial charge is 0.357 e. The van der Waals surface area contributed by atoms with Gasteiger partial charge in [0.15, 0.2) is 11.6 Å². The van der Waals surface area contributed by atoms with E-state index in [1.165, 1.54) is 31.9 Å². The van der Waals surface area contributed by atoms with Crippen LogP contribution >= 0.6 is 0 Å². The summed E-state index contributed by atoms with van der Waals surface area (Å²) in [4.78, 5) is 10.3. The van der Waals surface area contributed by atoms with E-state index in [0.717, 1.165) is 31.3 Å². The van der Waals surface area contributed by atoms with Gasteiger partial charge in [0, 0.05) is 20.1 Å². The van der Waals surface area contributed by atoms with Gasteiger partial charge in [-0.2, -0.15) is 4.98 Å². The van der Waals surface area contributed by atoms with Crippen molar-refractivity contribution in [1.82, 2.24) is 9.97 Å². The van der Waals surface area contributed by atoms with E-state index < -0.39 is 0 Å². The number of anilines is 2. The molecule has 4 nitrogen and oxygen atoms in total. The molecule has 1 heterocycles. The second-order valence-corrected chi connectivity index (χ2v) is 6.61. The minimum atomic E-state index is -0.331. The van der Waals surface area contributed by atoms with Crippen LogP contribution in [0.25, 0.3) is 0 Å². The Hall–Kier alpha value is -1.39. The predicted octanol–water partition coefficient (Wildman–Crippen LogP) is 3.31. The highest BCUT2D eigenvalue weighted by atomic mass is 19.1. The molecule has 0 aliphatic heterocycles. The molecule has 0 amide bonds. The van der Waals surface area contributed by atoms with Crippen LogP contribution in [0.3, 0.4) is 0 Å². The first-order chi connectivity index (χ1) is 10.2. The van der Waals surface area contributed by atoms with E-state index in [2.05, 4.69) is 22.2 Å². The molecule has 1 aromatic rings. The Morgan fingerprint density at radius 1 is 1.38 bits per heavy atom. The summed E-state index contributed by atoms with van der Waals surface area (Å²) in [6.07, 6.45) is 7.72. The van der Waals surface area contributed by atoms with Crippen molar-refractivity contribution < 1.29 is 4.39 Å². The summed E-state index contributed by atoms with van der Waals surface area (Å²) in [5, 5.41) is 3.12. The van der Waals surface area contributed by atoms with Crippen molar-refractivity contribution >= 4 is 11.8 Å². The lowest BCUT2D eigenvalue weighted by atomic mass is 9.88. The van der Waals surface area contributed by atoms with Crippen molar-refractivity contribution in [3.05, 3.63) is 12.0 Å². The Morgan fingerprint density at radius 3 is 2.90 bits per heavy atom. The van der Waals surface area contributed by atoms with Crippen LogP contribution in [-0.4, -0.2) is 30.1 Å². The van der Waals surface area contributed by atoms with Crippen molar-refractivity contribution in [2.45, 2.75) is 39.0 Å². The van der Waals surface area contributed by atoms with Crippen LogP contribution in [0.15, 0.2) is 6.20 Å². The second-order valence-electron chi connectivity index (χ2n) is 6.61. The van der Waals surface area contributed by atoms with Crippen LogP contribution in [0.5, 0.6) is 0 Å². The maximum absolute atomic E-state index is 14.0. The summed E-state index contributed by atoms with van der Waals surface area (Å²) >= 11 is 0. The first-order valence-corrected chi connectivity index (χ1v) is 8.15. The minimum Gasteiger partial charge on any atom is -0.357 e. The molecule has 2 fully saturated rings. The summed E-state index contributed by atoms with van der Waals surface area (Å²) in [7, 11) is 1.95. The molecule has 0 radical (unpaired) electrons. The maximum Gasteiger partial charge on any atom is 0.224 e. The summed E-state index contributed by atoms with van der Waals surface area (Å²) in [6.45, 7) is 3.79. The number of nitrogens with one attached hydrogen (secondary N) is 1. The molecule has 116 valence electrons. The molecule has 0 spiro atoms. The quantitative estimate of drug-likeness (QED) is 0.873. The van der Waals surface area contributed by atoms with Crippen LogP contribution < -0.4 is 10.2 Å². The molecule has 3 atom stereocenters. The third-order valence-corrected chi connectivity index (χ3v) is 5.01. The zero-order valence-corrected chi connectivity index (χ0v) is 13.0. The van der Waals surface area contributed by atoms with Gasteiger partial charge in [-0.1, -0.05) is 13.3 Å². The Kier molecular flexibility index (Phi) is 4.27. The van der Waals surface area contributed by atoms with Gasteiger partial charge in [0.1, 0.15) is 0 Å². The monoisotopic (exact) mass is 292 g/mol.